The molecule has 0 fully saturated rings. The zero-order valence-electron chi connectivity index (χ0n) is 79.5. The molecule has 0 aliphatic heterocycles. The molecule has 0 aromatic heterocycles. The fraction of sp³-hybridized carbons (Fsp3) is 0.400. The largest absolute Gasteiger partial charge is 0.478 e. The van der Waals surface area contributed by atoms with E-state index in [1.54, 1.807) is 57.6 Å². The second-order valence-corrected chi connectivity index (χ2v) is 32.2. The van der Waals surface area contributed by atoms with Crippen LogP contribution in [0.3, 0.4) is 0 Å². The van der Waals surface area contributed by atoms with Gasteiger partial charge in [-0.15, -0.1) is 0 Å². The summed E-state index contributed by atoms with van der Waals surface area (Å²) in [6, 6.07) is 0. The van der Waals surface area contributed by atoms with E-state index in [1.807, 2.05) is 120 Å². The molecule has 8 nitrogen and oxygen atoms in total. The minimum atomic E-state index is -0.926. The van der Waals surface area contributed by atoms with Gasteiger partial charge in [-0.25, -0.2) is 19.2 Å². The Morgan fingerprint density at radius 2 is 0.746 bits per heavy atom. The van der Waals surface area contributed by atoms with Crippen molar-refractivity contribution in [3.8, 4) is 0 Å². The predicted molar refractivity (Wildman–Crippen MR) is 523 cm³/mol. The van der Waals surface area contributed by atoms with E-state index >= 15 is 0 Å². The number of allylic oxidation sites excluding steroid dienone is 58. The minimum Gasteiger partial charge on any atom is -0.478 e. The molecule has 2 rings (SSSR count). The van der Waals surface area contributed by atoms with E-state index in [4.69, 9.17) is 20.4 Å². The molecule has 0 spiro atoms. The zero-order valence-corrected chi connectivity index (χ0v) is 79.5. The third kappa shape index (κ3) is 69.0. The Kier molecular flexibility index (Phi) is 68.9. The topological polar surface area (TPSA) is 149 Å². The van der Waals surface area contributed by atoms with Gasteiger partial charge in [0.25, 0.3) is 0 Å². The van der Waals surface area contributed by atoms with E-state index < -0.39 is 23.9 Å². The van der Waals surface area contributed by atoms with E-state index in [9.17, 15) is 19.2 Å². The van der Waals surface area contributed by atoms with Crippen molar-refractivity contribution >= 4 is 23.9 Å². The standard InChI is InChI=1S/C25H36.C21H32O2.2C20H26O2.C19H26O2.C3H8.C2H6/c1-8-20(2)12-9-13-21(3)14-10-15-22(4)17-18-24-23(5)16-11-19-25(24,6)7;1-8-18(5)19(21(6,7)9-2)14-13-16(3)11-10-12-17(4)15-20(22)23;1-15(8-6-9-16(2)14-19(21)22)11-12-18-17(3)10-7-13-20(18,4)5;1-16(2)9-6-10-17(3)11-7-12-18(4)13-8-14-19(5)15-20(21)22;1-16(2)11-8-6-5-7-9-12-17(3)13-10-14-18(4)15-19(20)21;1-3-2;1-2/h8-10,12-15,17-18H,11,16,19H2,1-7H3;8,10-15,19H,9H2,1-7H3,(H,22,23);6-12,14H,13H2,1-5H3,(H,21,22);6-15H,1-5H3,(H,21,22);5,7,9-15H,6,8H2,1-4H3,(H,20,21);3H2,1-2H3;1-2H3/b12-9+,14-10+,18-17+,20-8+,21-13+,22-15+;12-10+,14-13+,16-11+,17-15+,18-8-;9-6+,12-11+,15-8+,16-14+;10-6-,12-7+,14-8+,17-11+,18-13+,19-15+;7-5+,12-9+,14-10+,17-13+,18-15+;;. The molecule has 1 atom stereocenters. The molecule has 0 heterocycles. The van der Waals surface area contributed by atoms with Crippen molar-refractivity contribution in [1.82, 2.24) is 0 Å². The molecule has 0 saturated carbocycles. The average Bonchev–Trinajstić information content (AvgIpc) is 0.829. The number of hydrogen-bond donors (Lipinski definition) is 4. The summed E-state index contributed by atoms with van der Waals surface area (Å²) >= 11 is 0. The van der Waals surface area contributed by atoms with E-state index in [0.717, 1.165) is 64.7 Å². The fourth-order valence-electron chi connectivity index (χ4n) is 10.9. The maximum Gasteiger partial charge on any atom is 0.328 e. The summed E-state index contributed by atoms with van der Waals surface area (Å²) in [5.74, 6) is -3.27. The third-order valence-electron chi connectivity index (χ3n) is 18.1. The molecule has 8 heteroatoms. The molecule has 118 heavy (non-hydrogen) atoms. The lowest BCUT2D eigenvalue weighted by molar-refractivity contribution is -0.132. The van der Waals surface area contributed by atoms with Gasteiger partial charge in [-0.2, -0.15) is 0 Å². The van der Waals surface area contributed by atoms with Crippen molar-refractivity contribution in [2.45, 2.75) is 273 Å². The highest BCUT2D eigenvalue weighted by Gasteiger charge is 2.28. The molecule has 0 aromatic carbocycles. The van der Waals surface area contributed by atoms with Crippen LogP contribution in [-0.2, 0) is 19.2 Å². The van der Waals surface area contributed by atoms with E-state index in [-0.39, 0.29) is 10.8 Å². The van der Waals surface area contributed by atoms with Crippen LogP contribution in [0.1, 0.15) is 273 Å². The normalized spacial score (nSPS) is 16.5. The molecule has 2 aliphatic carbocycles. The first-order valence-corrected chi connectivity index (χ1v) is 42.0. The van der Waals surface area contributed by atoms with E-state index in [1.165, 1.54) is 106 Å². The summed E-state index contributed by atoms with van der Waals surface area (Å²) in [4.78, 5) is 42.0. The molecule has 0 radical (unpaired) electrons. The maximum atomic E-state index is 10.6. The van der Waals surface area contributed by atoms with Crippen LogP contribution in [0.5, 0.6) is 0 Å². The van der Waals surface area contributed by atoms with Crippen LogP contribution in [0, 0.1) is 22.2 Å². The average molecular weight is 1610 g/mol. The predicted octanol–water partition coefficient (Wildman–Crippen LogP) is 32.9. The summed E-state index contributed by atoms with van der Waals surface area (Å²) in [6.07, 6.45) is 94.3. The Labute approximate surface area is 721 Å². The van der Waals surface area contributed by atoms with Crippen molar-refractivity contribution in [3.63, 3.8) is 0 Å². The first-order valence-electron chi connectivity index (χ1n) is 42.0. The number of carboxylic acids is 4. The molecular formula is C110H160O8. The van der Waals surface area contributed by atoms with Crippen LogP contribution in [0.4, 0.5) is 0 Å². The quantitative estimate of drug-likeness (QED) is 0.0215. The van der Waals surface area contributed by atoms with Crippen molar-refractivity contribution < 1.29 is 39.6 Å². The van der Waals surface area contributed by atoms with Gasteiger partial charge in [0.05, 0.1) is 0 Å². The Morgan fingerprint density at radius 1 is 0.415 bits per heavy atom. The van der Waals surface area contributed by atoms with Gasteiger partial charge in [-0.05, 0) is 239 Å². The first-order chi connectivity index (χ1) is 55.2. The summed E-state index contributed by atoms with van der Waals surface area (Å²) in [5.41, 5.74) is 22.8. The van der Waals surface area contributed by atoms with Gasteiger partial charge in [-0.1, -0.05) is 393 Å². The van der Waals surface area contributed by atoms with Crippen LogP contribution < -0.4 is 0 Å². The first kappa shape index (κ1) is 116. The molecular weight excluding hydrogens is 1450 g/mol. The van der Waals surface area contributed by atoms with Gasteiger partial charge in [0.2, 0.25) is 0 Å². The molecule has 1 unspecified atom stereocenters. The monoisotopic (exact) mass is 1610 g/mol. The second kappa shape index (κ2) is 69.9. The summed E-state index contributed by atoms with van der Waals surface area (Å²) in [5, 5.41) is 34.5. The molecule has 2 aliphatic rings. The number of carboxylic acid groups (broad SMARTS) is 4. The van der Waals surface area contributed by atoms with Crippen molar-refractivity contribution in [3.05, 3.63) is 367 Å². The highest BCUT2D eigenvalue weighted by molar-refractivity contribution is 5.82. The molecule has 0 aromatic rings. The molecule has 0 bridgehead atoms. The number of unbranched alkanes of at least 4 members (excludes halogenated alkanes) is 1. The highest BCUT2D eigenvalue weighted by Crippen LogP contribution is 2.41. The van der Waals surface area contributed by atoms with E-state index in [0.29, 0.717) is 16.9 Å². The molecule has 0 saturated heterocycles. The van der Waals surface area contributed by atoms with Crippen molar-refractivity contribution in [2.24, 2.45) is 22.2 Å². The van der Waals surface area contributed by atoms with Gasteiger partial charge in [0.15, 0.2) is 0 Å². The van der Waals surface area contributed by atoms with Crippen LogP contribution in [-0.4, -0.2) is 44.3 Å². The van der Waals surface area contributed by atoms with Crippen molar-refractivity contribution in [2.75, 3.05) is 0 Å². The van der Waals surface area contributed by atoms with Gasteiger partial charge in [0, 0.05) is 30.2 Å². The Morgan fingerprint density at radius 3 is 1.07 bits per heavy atom. The highest BCUT2D eigenvalue weighted by atomic mass is 16.4. The van der Waals surface area contributed by atoms with Gasteiger partial charge in [-0.3, -0.25) is 0 Å². The molecule has 4 N–H and O–H groups in total. The van der Waals surface area contributed by atoms with Crippen LogP contribution in [0.25, 0.3) is 0 Å². The van der Waals surface area contributed by atoms with Gasteiger partial charge >= 0.3 is 23.9 Å². The third-order valence-corrected chi connectivity index (χ3v) is 18.1. The molecule has 0 amide bonds. The van der Waals surface area contributed by atoms with Gasteiger partial charge in [0.1, 0.15) is 0 Å². The molecule has 648 valence electrons. The van der Waals surface area contributed by atoms with Crippen LogP contribution >= 0.6 is 0 Å². The Hall–Kier alpha value is -10.2. The van der Waals surface area contributed by atoms with Crippen LogP contribution in [0.15, 0.2) is 367 Å². The minimum absolute atomic E-state index is 0.173. The van der Waals surface area contributed by atoms with Gasteiger partial charge < -0.3 is 20.4 Å². The van der Waals surface area contributed by atoms with Crippen LogP contribution in [0.2, 0.25) is 0 Å². The van der Waals surface area contributed by atoms with E-state index in [2.05, 4.69) is 287 Å². The zero-order chi connectivity index (χ0) is 91.4. The maximum absolute atomic E-state index is 10.6. The smallest absolute Gasteiger partial charge is 0.328 e. The number of aliphatic carboxylic acids is 4. The lowest BCUT2D eigenvalue weighted by Gasteiger charge is -2.32. The number of rotatable bonds is 34. The summed E-state index contributed by atoms with van der Waals surface area (Å²) < 4.78 is 0. The number of hydrogen-bond acceptors (Lipinski definition) is 4. The SMILES string of the molecule is C/C=C(/C)C(/C=C/C(C)=C/C=C/C(C)=C/C(=O)O)C(C)(C)CC.C/C=C(C)/C=C/C=C(C)/C=C/C=C(C)/C=C/C1=C(C)CCCC1(C)C.CC.CC(C)=CCC/C=C/C=C/C(C)=C/C=C/C(C)=C/C(=O)O.CC(C)=C\C=C/C(C)=C/C=C/C(C)=C/C=C/C(C)=C/C(=O)O.CC1=C(/C=C/C(C)=C/C=C/C(C)=C/C(=O)O)C(C)(C)CC=C1.CCC. The lowest BCUT2D eigenvalue weighted by Crippen LogP contribution is -2.22. The Bertz CT molecular complexity index is 4110. The van der Waals surface area contributed by atoms with Crippen molar-refractivity contribution in [1.29, 1.82) is 0 Å². The summed E-state index contributed by atoms with van der Waals surface area (Å²) in [7, 11) is 0. The number of carbonyl (C=O) groups is 4. The summed E-state index contributed by atoms with van der Waals surface area (Å²) in [6.45, 7) is 67.1. The fourth-order valence-corrected chi connectivity index (χ4v) is 10.9. The lowest BCUT2D eigenvalue weighted by atomic mass is 9.72. The Balaban J connectivity index is -0.000000445. The second-order valence-electron chi connectivity index (χ2n) is 32.2.